The van der Waals surface area contributed by atoms with Gasteiger partial charge in [0.2, 0.25) is 10.0 Å². The van der Waals surface area contributed by atoms with Gasteiger partial charge in [0.05, 0.1) is 0 Å². The number of rotatable bonds is 6. The zero-order valence-electron chi connectivity index (χ0n) is 11.5. The Bertz CT molecular complexity index is 583. The molecule has 0 saturated heterocycles. The van der Waals surface area contributed by atoms with Crippen molar-refractivity contribution in [2.45, 2.75) is 35.9 Å². The van der Waals surface area contributed by atoms with Crippen LogP contribution >= 0.6 is 11.3 Å². The van der Waals surface area contributed by atoms with Crippen molar-refractivity contribution in [3.05, 3.63) is 17.0 Å². The summed E-state index contributed by atoms with van der Waals surface area (Å²) in [5, 5.41) is 8.73. The number of nitriles is 1. The summed E-state index contributed by atoms with van der Waals surface area (Å²) in [6.45, 7) is 1.11. The van der Waals surface area contributed by atoms with E-state index in [1.54, 1.807) is 0 Å². The van der Waals surface area contributed by atoms with E-state index in [1.807, 2.05) is 13.1 Å². The van der Waals surface area contributed by atoms with E-state index in [1.165, 1.54) is 37.8 Å². The zero-order chi connectivity index (χ0) is 14.6. The van der Waals surface area contributed by atoms with Crippen molar-refractivity contribution in [2.75, 3.05) is 20.1 Å². The van der Waals surface area contributed by atoms with Crippen molar-refractivity contribution in [1.82, 2.24) is 9.62 Å². The van der Waals surface area contributed by atoms with Crippen molar-refractivity contribution < 1.29 is 8.42 Å². The molecule has 1 saturated carbocycles. The SMILES string of the molecule is CN(CCNS(=O)(=O)c1ccc(C#N)s1)C1CCCC1. The van der Waals surface area contributed by atoms with Crippen LogP contribution in [0.3, 0.4) is 0 Å². The summed E-state index contributed by atoms with van der Waals surface area (Å²) < 4.78 is 26.9. The van der Waals surface area contributed by atoms with Crippen molar-refractivity contribution in [1.29, 1.82) is 5.26 Å². The lowest BCUT2D eigenvalue weighted by molar-refractivity contribution is 0.250. The summed E-state index contributed by atoms with van der Waals surface area (Å²) in [5.41, 5.74) is 0. The molecule has 7 heteroatoms. The third kappa shape index (κ3) is 3.79. The average Bonchev–Trinajstić information content (AvgIpc) is 3.10. The number of sulfonamides is 1. The van der Waals surface area contributed by atoms with Gasteiger partial charge in [-0.2, -0.15) is 5.26 Å². The third-order valence-corrected chi connectivity index (χ3v) is 6.60. The standard InChI is InChI=1S/C13H19N3O2S2/c1-16(11-4-2-3-5-11)9-8-15-20(17,18)13-7-6-12(10-14)19-13/h6-7,11,15H,2-5,8-9H2,1H3. The Balaban J connectivity index is 1.84. The first-order valence-corrected chi connectivity index (χ1v) is 9.03. The summed E-state index contributed by atoms with van der Waals surface area (Å²) in [6, 6.07) is 5.55. The van der Waals surface area contributed by atoms with Crippen LogP contribution < -0.4 is 4.72 Å². The zero-order valence-corrected chi connectivity index (χ0v) is 13.1. The molecule has 1 aliphatic carbocycles. The molecule has 2 rings (SSSR count). The fraction of sp³-hybridized carbons (Fsp3) is 0.615. The maximum absolute atomic E-state index is 12.0. The number of hydrogen-bond acceptors (Lipinski definition) is 5. The predicted molar refractivity (Wildman–Crippen MR) is 79.1 cm³/mol. The minimum absolute atomic E-state index is 0.206. The van der Waals surface area contributed by atoms with E-state index in [0.29, 0.717) is 24.0 Å². The van der Waals surface area contributed by atoms with Crippen LogP contribution in [0.4, 0.5) is 0 Å². The molecule has 0 aromatic carbocycles. The first-order chi connectivity index (χ1) is 9.53. The van der Waals surface area contributed by atoms with Crippen molar-refractivity contribution in [3.8, 4) is 6.07 Å². The van der Waals surface area contributed by atoms with Crippen molar-refractivity contribution in [2.24, 2.45) is 0 Å². The van der Waals surface area contributed by atoms with Gasteiger partial charge in [0.1, 0.15) is 15.2 Å². The second-order valence-corrected chi connectivity index (χ2v) is 8.12. The van der Waals surface area contributed by atoms with E-state index >= 15 is 0 Å². The van der Waals surface area contributed by atoms with Gasteiger partial charge in [0.15, 0.2) is 0 Å². The third-order valence-electron chi connectivity index (χ3n) is 3.66. The lowest BCUT2D eigenvalue weighted by Gasteiger charge is -2.23. The molecule has 0 aliphatic heterocycles. The fourth-order valence-corrected chi connectivity index (χ4v) is 4.65. The molecule has 1 aliphatic rings. The molecule has 1 heterocycles. The summed E-state index contributed by atoms with van der Waals surface area (Å²) in [6.07, 6.45) is 4.96. The Kier molecular flexibility index (Phi) is 5.16. The monoisotopic (exact) mass is 313 g/mol. The maximum atomic E-state index is 12.0. The van der Waals surface area contributed by atoms with Crippen LogP contribution in [0.1, 0.15) is 30.6 Å². The first kappa shape index (κ1) is 15.4. The highest BCUT2D eigenvalue weighted by molar-refractivity contribution is 7.91. The van der Waals surface area contributed by atoms with Crippen LogP contribution in [0.15, 0.2) is 16.3 Å². The summed E-state index contributed by atoms with van der Waals surface area (Å²) in [4.78, 5) is 2.64. The van der Waals surface area contributed by atoms with Crippen LogP contribution in [0.5, 0.6) is 0 Å². The highest BCUT2D eigenvalue weighted by Gasteiger charge is 2.20. The number of nitrogens with zero attached hydrogens (tertiary/aromatic N) is 2. The smallest absolute Gasteiger partial charge is 0.250 e. The lowest BCUT2D eigenvalue weighted by atomic mass is 10.2. The summed E-state index contributed by atoms with van der Waals surface area (Å²) in [7, 11) is -1.43. The lowest BCUT2D eigenvalue weighted by Crippen LogP contribution is -2.37. The second kappa shape index (κ2) is 6.68. The summed E-state index contributed by atoms with van der Waals surface area (Å²) >= 11 is 0.999. The summed E-state index contributed by atoms with van der Waals surface area (Å²) in [5.74, 6) is 0. The minimum atomic E-state index is -3.48. The van der Waals surface area contributed by atoms with Crippen molar-refractivity contribution >= 4 is 21.4 Å². The van der Waals surface area contributed by atoms with Crippen LogP contribution in [0, 0.1) is 11.3 Å². The number of hydrogen-bond donors (Lipinski definition) is 1. The number of nitrogens with one attached hydrogen (secondary N) is 1. The van der Waals surface area contributed by atoms with Crippen LogP contribution in [0.2, 0.25) is 0 Å². The number of likely N-dealkylation sites (N-methyl/N-ethyl adjacent to an activating group) is 1. The van der Waals surface area contributed by atoms with Crippen LogP contribution in [0.25, 0.3) is 0 Å². The van der Waals surface area contributed by atoms with Crippen LogP contribution in [-0.4, -0.2) is 39.5 Å². The quantitative estimate of drug-likeness (QED) is 0.868. The molecule has 1 fully saturated rings. The Morgan fingerprint density at radius 1 is 1.45 bits per heavy atom. The highest BCUT2D eigenvalue weighted by Crippen LogP contribution is 2.22. The van der Waals surface area contributed by atoms with E-state index in [4.69, 9.17) is 5.26 Å². The molecule has 0 spiro atoms. The van der Waals surface area contributed by atoms with Gasteiger partial charge in [-0.1, -0.05) is 12.8 Å². The Morgan fingerprint density at radius 2 is 2.15 bits per heavy atom. The highest BCUT2D eigenvalue weighted by atomic mass is 32.2. The molecular formula is C13H19N3O2S2. The fourth-order valence-electron chi connectivity index (χ4n) is 2.48. The van der Waals surface area contributed by atoms with Gasteiger partial charge >= 0.3 is 0 Å². The maximum Gasteiger partial charge on any atom is 0.250 e. The molecule has 0 radical (unpaired) electrons. The molecule has 0 unspecified atom stereocenters. The van der Waals surface area contributed by atoms with Gasteiger partial charge in [-0.3, -0.25) is 0 Å². The molecule has 5 nitrogen and oxygen atoms in total. The van der Waals surface area contributed by atoms with Gasteiger partial charge in [0.25, 0.3) is 0 Å². The topological polar surface area (TPSA) is 73.2 Å². The van der Waals surface area contributed by atoms with E-state index < -0.39 is 10.0 Å². The normalized spacial score (nSPS) is 16.6. The van der Waals surface area contributed by atoms with Gasteiger partial charge in [-0.05, 0) is 32.0 Å². The van der Waals surface area contributed by atoms with E-state index in [2.05, 4.69) is 9.62 Å². The Hall–Kier alpha value is -0.940. The van der Waals surface area contributed by atoms with Gasteiger partial charge in [-0.25, -0.2) is 13.1 Å². The Morgan fingerprint density at radius 3 is 2.75 bits per heavy atom. The van der Waals surface area contributed by atoms with Gasteiger partial charge < -0.3 is 4.90 Å². The molecule has 20 heavy (non-hydrogen) atoms. The predicted octanol–water partition coefficient (Wildman–Crippen LogP) is 1.77. The molecule has 0 atom stereocenters. The van der Waals surface area contributed by atoms with E-state index in [0.717, 1.165) is 11.3 Å². The van der Waals surface area contributed by atoms with Gasteiger partial charge in [-0.15, -0.1) is 11.3 Å². The van der Waals surface area contributed by atoms with Crippen LogP contribution in [-0.2, 0) is 10.0 Å². The largest absolute Gasteiger partial charge is 0.302 e. The molecule has 1 aromatic heterocycles. The first-order valence-electron chi connectivity index (χ1n) is 6.73. The second-order valence-electron chi connectivity index (χ2n) is 5.05. The molecule has 1 N–H and O–H groups in total. The molecule has 1 aromatic rings. The molecule has 0 bridgehead atoms. The molecular weight excluding hydrogens is 294 g/mol. The minimum Gasteiger partial charge on any atom is -0.302 e. The molecule has 110 valence electrons. The molecule has 0 amide bonds. The average molecular weight is 313 g/mol. The van der Waals surface area contributed by atoms with Crippen molar-refractivity contribution in [3.63, 3.8) is 0 Å². The van der Waals surface area contributed by atoms with Gasteiger partial charge in [0, 0.05) is 19.1 Å². The van der Waals surface area contributed by atoms with E-state index in [-0.39, 0.29) is 4.21 Å². The Labute approximate surface area is 124 Å². The van der Waals surface area contributed by atoms with E-state index in [9.17, 15) is 8.42 Å². The number of thiophene rings is 1.